The summed E-state index contributed by atoms with van der Waals surface area (Å²) in [5, 5.41) is 18.9. The van der Waals surface area contributed by atoms with Crippen LogP contribution in [0.3, 0.4) is 0 Å². The Morgan fingerprint density at radius 3 is 1.56 bits per heavy atom. The summed E-state index contributed by atoms with van der Waals surface area (Å²) < 4.78 is 18.8. The second-order valence-electron chi connectivity index (χ2n) is 9.57. The molecule has 0 spiro atoms. The third-order valence-corrected chi connectivity index (χ3v) is 2.50. The van der Waals surface area contributed by atoms with Crippen molar-refractivity contribution in [3.05, 3.63) is 22.8 Å². The SMILES string of the molecule is CC(C)(C)OC(=O)OC(=O)OC(C)(C)C.[C-]#[N+]CN(CC#N)C(=O)OC(C)(C)C.[C-]#[N+]CNCC#N. The Morgan fingerprint density at radius 1 is 0.806 bits per heavy atom. The number of carbonyl (C=O) groups is 3. The van der Waals surface area contributed by atoms with Gasteiger partial charge in [-0.1, -0.05) is 0 Å². The lowest BCUT2D eigenvalue weighted by Gasteiger charge is -2.22. The maximum absolute atomic E-state index is 11.3. The van der Waals surface area contributed by atoms with Gasteiger partial charge in [0.05, 0.1) is 18.7 Å². The van der Waals surface area contributed by atoms with Crippen LogP contribution in [0.1, 0.15) is 62.3 Å². The molecule has 0 rings (SSSR count). The van der Waals surface area contributed by atoms with E-state index in [0.29, 0.717) is 0 Å². The Hall–Kier alpha value is -4.07. The summed E-state index contributed by atoms with van der Waals surface area (Å²) in [6, 6.07) is 3.65. The number of amides is 1. The van der Waals surface area contributed by atoms with Crippen molar-refractivity contribution in [2.24, 2.45) is 0 Å². The minimum atomic E-state index is -1.06. The van der Waals surface area contributed by atoms with Crippen LogP contribution in [0.2, 0.25) is 0 Å². The van der Waals surface area contributed by atoms with E-state index in [1.54, 1.807) is 68.4 Å². The molecule has 36 heavy (non-hydrogen) atoms. The van der Waals surface area contributed by atoms with Crippen LogP contribution >= 0.6 is 0 Å². The molecule has 0 radical (unpaired) electrons. The van der Waals surface area contributed by atoms with Crippen LogP contribution in [0.5, 0.6) is 0 Å². The number of hydrogen-bond donors (Lipinski definition) is 1. The molecule has 0 aliphatic heterocycles. The van der Waals surface area contributed by atoms with Crippen molar-refractivity contribution in [2.45, 2.75) is 79.1 Å². The summed E-state index contributed by atoms with van der Waals surface area (Å²) in [4.78, 5) is 40.4. The summed E-state index contributed by atoms with van der Waals surface area (Å²) >= 11 is 0. The highest BCUT2D eigenvalue weighted by Crippen LogP contribution is 2.12. The van der Waals surface area contributed by atoms with Gasteiger partial charge in [-0.3, -0.25) is 9.69 Å². The van der Waals surface area contributed by atoms with E-state index in [-0.39, 0.29) is 26.4 Å². The zero-order valence-corrected chi connectivity index (χ0v) is 22.4. The average Bonchev–Trinajstić information content (AvgIpc) is 2.64. The molecule has 0 fully saturated rings. The molecule has 0 heterocycles. The first-order valence-electron chi connectivity index (χ1n) is 10.5. The normalized spacial score (nSPS) is 10.0. The molecule has 13 heteroatoms. The predicted octanol–water partition coefficient (Wildman–Crippen LogP) is 4.47. The van der Waals surface area contributed by atoms with E-state index < -0.39 is 35.2 Å². The maximum atomic E-state index is 11.3. The van der Waals surface area contributed by atoms with Crippen LogP contribution < -0.4 is 5.32 Å². The molecule has 0 aromatic rings. The van der Waals surface area contributed by atoms with Gasteiger partial charge in [-0.2, -0.15) is 10.5 Å². The van der Waals surface area contributed by atoms with Gasteiger partial charge >= 0.3 is 18.4 Å². The van der Waals surface area contributed by atoms with E-state index >= 15 is 0 Å². The number of nitrogens with one attached hydrogen (secondary N) is 1. The van der Waals surface area contributed by atoms with Crippen molar-refractivity contribution in [2.75, 3.05) is 26.4 Å². The number of ether oxygens (including phenoxy) is 4. The molecule has 0 bridgehead atoms. The largest absolute Gasteiger partial charge is 0.519 e. The lowest BCUT2D eigenvalue weighted by Crippen LogP contribution is -2.36. The molecular formula is C23H36N6O7. The summed E-state index contributed by atoms with van der Waals surface area (Å²) in [6.07, 6.45) is -2.75. The topological polar surface area (TPSA) is 160 Å². The third-order valence-electron chi connectivity index (χ3n) is 2.50. The molecule has 1 amide bonds. The van der Waals surface area contributed by atoms with Gasteiger partial charge in [0, 0.05) is 0 Å². The van der Waals surface area contributed by atoms with E-state index in [2.05, 4.69) is 19.7 Å². The summed E-state index contributed by atoms with van der Waals surface area (Å²) in [6.45, 7) is 28.3. The molecule has 0 aromatic carbocycles. The zero-order chi connectivity index (χ0) is 29.0. The first-order chi connectivity index (χ1) is 16.3. The molecule has 200 valence electrons. The van der Waals surface area contributed by atoms with Crippen molar-refractivity contribution < 1.29 is 33.3 Å². The fraction of sp³-hybridized carbons (Fsp3) is 0.696. The fourth-order valence-electron chi connectivity index (χ4n) is 1.45. The van der Waals surface area contributed by atoms with Crippen molar-refractivity contribution in [1.82, 2.24) is 10.2 Å². The van der Waals surface area contributed by atoms with Gasteiger partial charge in [-0.15, -0.1) is 0 Å². The van der Waals surface area contributed by atoms with E-state index in [1.165, 1.54) is 0 Å². The number of nitrogens with zero attached hydrogens (tertiary/aromatic N) is 5. The highest BCUT2D eigenvalue weighted by Gasteiger charge is 2.24. The second kappa shape index (κ2) is 18.3. The molecule has 0 aliphatic rings. The highest BCUT2D eigenvalue weighted by atomic mass is 16.8. The predicted molar refractivity (Wildman–Crippen MR) is 129 cm³/mol. The zero-order valence-electron chi connectivity index (χ0n) is 22.4. The molecular weight excluding hydrogens is 472 g/mol. The first kappa shape index (κ1) is 36.5. The van der Waals surface area contributed by atoms with Gasteiger partial charge in [-0.05, 0) is 62.3 Å². The van der Waals surface area contributed by atoms with Crippen LogP contribution in [0.15, 0.2) is 0 Å². The minimum Gasteiger partial charge on any atom is -0.444 e. The van der Waals surface area contributed by atoms with Gasteiger partial charge < -0.3 is 18.9 Å². The van der Waals surface area contributed by atoms with Gasteiger partial charge in [0.25, 0.3) is 13.3 Å². The van der Waals surface area contributed by atoms with Crippen molar-refractivity contribution >= 4 is 18.4 Å². The van der Waals surface area contributed by atoms with E-state index in [0.717, 1.165) is 4.90 Å². The lowest BCUT2D eigenvalue weighted by molar-refractivity contribution is -0.0294. The van der Waals surface area contributed by atoms with Crippen LogP contribution in [0.4, 0.5) is 14.4 Å². The molecule has 0 saturated carbocycles. The molecule has 0 aliphatic carbocycles. The Kier molecular flexibility index (Phi) is 18.5. The smallest absolute Gasteiger partial charge is 0.444 e. The maximum Gasteiger partial charge on any atom is 0.519 e. The van der Waals surface area contributed by atoms with Gasteiger partial charge in [0.15, 0.2) is 0 Å². The molecule has 0 aromatic heterocycles. The molecule has 0 unspecified atom stereocenters. The summed E-state index contributed by atoms with van der Waals surface area (Å²) in [5.74, 6) is 0. The van der Waals surface area contributed by atoms with Crippen molar-refractivity contribution in [1.29, 1.82) is 10.5 Å². The Labute approximate surface area is 213 Å². The first-order valence-corrected chi connectivity index (χ1v) is 10.5. The molecule has 0 saturated heterocycles. The highest BCUT2D eigenvalue weighted by molar-refractivity contribution is 5.77. The number of rotatable bonds is 4. The Bertz CT molecular complexity index is 801. The summed E-state index contributed by atoms with van der Waals surface area (Å²) in [7, 11) is 0. The number of hydrogen-bond acceptors (Lipinski definition) is 10. The second-order valence-corrected chi connectivity index (χ2v) is 9.57. The molecule has 0 atom stereocenters. The van der Waals surface area contributed by atoms with E-state index in [1.807, 2.05) is 6.07 Å². The Morgan fingerprint density at radius 2 is 1.25 bits per heavy atom. The van der Waals surface area contributed by atoms with Crippen LogP contribution in [-0.4, -0.2) is 66.5 Å². The number of nitriles is 2. The number of carbonyl (C=O) groups excluding carboxylic acids is 3. The minimum absolute atomic E-state index is 0.128. The van der Waals surface area contributed by atoms with Gasteiger partial charge in [-0.25, -0.2) is 37.7 Å². The van der Waals surface area contributed by atoms with E-state index in [4.69, 9.17) is 37.9 Å². The van der Waals surface area contributed by atoms with Gasteiger partial charge in [0.2, 0.25) is 0 Å². The Balaban J connectivity index is -0.000000483. The standard InChI is InChI=1S/C10H18O5.C9H13N3O2.C4H5N3/c1-9(2,3)14-7(11)13-8(12)15-10(4,5)6;1-9(2,3)14-8(13)12(6-5-10)7-11-4;1-6-4-7-3-2-5/h1-6H3;6-7H2,1-3H3;7H,3-4H2. The fourth-order valence-corrected chi connectivity index (χ4v) is 1.45. The van der Waals surface area contributed by atoms with Crippen LogP contribution in [0, 0.1) is 35.8 Å². The monoisotopic (exact) mass is 508 g/mol. The van der Waals surface area contributed by atoms with E-state index in [9.17, 15) is 14.4 Å². The lowest BCUT2D eigenvalue weighted by atomic mass is 10.2. The molecule has 1 N–H and O–H groups in total. The quantitative estimate of drug-likeness (QED) is 0.143. The average molecular weight is 509 g/mol. The summed E-state index contributed by atoms with van der Waals surface area (Å²) in [5.41, 5.74) is -2.00. The molecule has 13 nitrogen and oxygen atoms in total. The van der Waals surface area contributed by atoms with Crippen LogP contribution in [-0.2, 0) is 18.9 Å². The third kappa shape index (κ3) is 29.9. The van der Waals surface area contributed by atoms with Crippen LogP contribution in [0.25, 0.3) is 9.69 Å². The van der Waals surface area contributed by atoms with Crippen molar-refractivity contribution in [3.63, 3.8) is 0 Å². The van der Waals surface area contributed by atoms with Crippen molar-refractivity contribution in [3.8, 4) is 12.1 Å². The van der Waals surface area contributed by atoms with Gasteiger partial charge in [0.1, 0.15) is 23.3 Å².